The summed E-state index contributed by atoms with van der Waals surface area (Å²) in [6.45, 7) is 5.69. The molecule has 0 aliphatic carbocycles. The first-order valence-electron chi connectivity index (χ1n) is 6.64. The minimum atomic E-state index is 0.460. The summed E-state index contributed by atoms with van der Waals surface area (Å²) in [5, 5.41) is 3.38. The number of hydrogen-bond acceptors (Lipinski definition) is 3. The van der Waals surface area contributed by atoms with Crippen molar-refractivity contribution in [2.24, 2.45) is 0 Å². The lowest BCUT2D eigenvalue weighted by atomic mass is 10.2. The Hall–Kier alpha value is -1.66. The topological polar surface area (TPSA) is 30.5 Å². The monoisotopic (exact) mass is 261 g/mol. The SMILES string of the molecule is C#CCCCOc1cc(CNC(C)C)ccc1OC. The Kier molecular flexibility index (Phi) is 6.84. The van der Waals surface area contributed by atoms with Crippen molar-refractivity contribution in [2.45, 2.75) is 39.3 Å². The van der Waals surface area contributed by atoms with Crippen LogP contribution in [0.5, 0.6) is 11.5 Å². The second-order valence-electron chi connectivity index (χ2n) is 4.68. The van der Waals surface area contributed by atoms with Crippen molar-refractivity contribution in [1.29, 1.82) is 0 Å². The van der Waals surface area contributed by atoms with Gasteiger partial charge in [-0.15, -0.1) is 12.3 Å². The highest BCUT2D eigenvalue weighted by Crippen LogP contribution is 2.28. The van der Waals surface area contributed by atoms with Crippen molar-refractivity contribution < 1.29 is 9.47 Å². The van der Waals surface area contributed by atoms with Crippen LogP contribution >= 0.6 is 0 Å². The van der Waals surface area contributed by atoms with Gasteiger partial charge in [0.1, 0.15) is 0 Å². The van der Waals surface area contributed by atoms with Crippen molar-refractivity contribution in [3.05, 3.63) is 23.8 Å². The Balaban J connectivity index is 2.64. The van der Waals surface area contributed by atoms with E-state index in [0.29, 0.717) is 12.6 Å². The van der Waals surface area contributed by atoms with Gasteiger partial charge in [0, 0.05) is 19.0 Å². The van der Waals surface area contributed by atoms with Crippen LogP contribution in [0.3, 0.4) is 0 Å². The van der Waals surface area contributed by atoms with Crippen molar-refractivity contribution in [2.75, 3.05) is 13.7 Å². The van der Waals surface area contributed by atoms with E-state index in [9.17, 15) is 0 Å². The Labute approximate surface area is 116 Å². The van der Waals surface area contributed by atoms with Crippen molar-refractivity contribution in [1.82, 2.24) is 5.32 Å². The highest BCUT2D eigenvalue weighted by atomic mass is 16.5. The summed E-state index contributed by atoms with van der Waals surface area (Å²) in [6, 6.07) is 6.46. The van der Waals surface area contributed by atoms with Gasteiger partial charge in [-0.25, -0.2) is 0 Å². The molecule has 1 aromatic rings. The van der Waals surface area contributed by atoms with E-state index in [2.05, 4.69) is 25.1 Å². The molecule has 0 amide bonds. The lowest BCUT2D eigenvalue weighted by Gasteiger charge is -2.13. The predicted molar refractivity (Wildman–Crippen MR) is 78.5 cm³/mol. The molecule has 3 heteroatoms. The number of ether oxygens (including phenoxy) is 2. The van der Waals surface area contributed by atoms with E-state index in [1.54, 1.807) is 7.11 Å². The minimum Gasteiger partial charge on any atom is -0.493 e. The molecule has 0 aliphatic heterocycles. The van der Waals surface area contributed by atoms with Crippen molar-refractivity contribution >= 4 is 0 Å². The molecule has 0 atom stereocenters. The molecule has 1 N–H and O–H groups in total. The number of terminal acetylenes is 1. The van der Waals surface area contributed by atoms with Crippen LogP contribution in [-0.4, -0.2) is 19.8 Å². The van der Waals surface area contributed by atoms with E-state index in [1.165, 1.54) is 5.56 Å². The fourth-order valence-corrected chi connectivity index (χ4v) is 1.62. The van der Waals surface area contributed by atoms with E-state index in [1.807, 2.05) is 18.2 Å². The second-order valence-corrected chi connectivity index (χ2v) is 4.68. The van der Waals surface area contributed by atoms with E-state index in [0.717, 1.165) is 30.9 Å². The first-order valence-corrected chi connectivity index (χ1v) is 6.64. The van der Waals surface area contributed by atoms with Crippen LogP contribution in [0.25, 0.3) is 0 Å². The number of hydrogen-bond donors (Lipinski definition) is 1. The van der Waals surface area contributed by atoms with Gasteiger partial charge in [0.2, 0.25) is 0 Å². The molecule has 0 spiro atoms. The molecular weight excluding hydrogens is 238 g/mol. The largest absolute Gasteiger partial charge is 0.493 e. The van der Waals surface area contributed by atoms with E-state index in [-0.39, 0.29) is 0 Å². The van der Waals surface area contributed by atoms with Gasteiger partial charge in [-0.3, -0.25) is 0 Å². The van der Waals surface area contributed by atoms with Gasteiger partial charge in [0.25, 0.3) is 0 Å². The Bertz CT molecular complexity index is 421. The van der Waals surface area contributed by atoms with E-state index in [4.69, 9.17) is 15.9 Å². The number of rotatable bonds is 8. The van der Waals surface area contributed by atoms with Crippen LogP contribution in [0, 0.1) is 12.3 Å². The van der Waals surface area contributed by atoms with Crippen LogP contribution in [0.1, 0.15) is 32.3 Å². The fourth-order valence-electron chi connectivity index (χ4n) is 1.62. The van der Waals surface area contributed by atoms with Gasteiger partial charge >= 0.3 is 0 Å². The summed E-state index contributed by atoms with van der Waals surface area (Å²) in [5.41, 5.74) is 1.18. The number of nitrogens with one attached hydrogen (secondary N) is 1. The first kappa shape index (κ1) is 15.4. The van der Waals surface area contributed by atoms with Crippen LogP contribution in [0.15, 0.2) is 18.2 Å². The lowest BCUT2D eigenvalue weighted by Crippen LogP contribution is -2.21. The van der Waals surface area contributed by atoms with Gasteiger partial charge in [-0.2, -0.15) is 0 Å². The normalized spacial score (nSPS) is 10.3. The number of benzene rings is 1. The zero-order valence-electron chi connectivity index (χ0n) is 12.0. The molecule has 0 radical (unpaired) electrons. The molecule has 19 heavy (non-hydrogen) atoms. The van der Waals surface area contributed by atoms with Crippen LogP contribution in [0.2, 0.25) is 0 Å². The molecule has 0 aliphatic rings. The van der Waals surface area contributed by atoms with Gasteiger partial charge < -0.3 is 14.8 Å². The third kappa shape index (κ3) is 5.67. The van der Waals surface area contributed by atoms with Gasteiger partial charge in [-0.1, -0.05) is 19.9 Å². The van der Waals surface area contributed by atoms with Crippen LogP contribution < -0.4 is 14.8 Å². The van der Waals surface area contributed by atoms with Crippen LogP contribution in [0.4, 0.5) is 0 Å². The summed E-state index contributed by atoms with van der Waals surface area (Å²) >= 11 is 0. The van der Waals surface area contributed by atoms with E-state index >= 15 is 0 Å². The molecule has 1 rings (SSSR count). The highest BCUT2D eigenvalue weighted by Gasteiger charge is 2.06. The minimum absolute atomic E-state index is 0.460. The summed E-state index contributed by atoms with van der Waals surface area (Å²) in [4.78, 5) is 0. The molecular formula is C16H23NO2. The third-order valence-electron chi connectivity index (χ3n) is 2.67. The predicted octanol–water partition coefficient (Wildman–Crippen LogP) is 2.99. The van der Waals surface area contributed by atoms with E-state index < -0.39 is 0 Å². The summed E-state index contributed by atoms with van der Waals surface area (Å²) in [5.74, 6) is 4.14. The summed E-state index contributed by atoms with van der Waals surface area (Å²) in [7, 11) is 1.65. The second kappa shape index (κ2) is 8.44. The number of unbranched alkanes of at least 4 members (excludes halogenated alkanes) is 1. The zero-order valence-corrected chi connectivity index (χ0v) is 12.0. The summed E-state index contributed by atoms with van der Waals surface area (Å²) in [6.07, 6.45) is 6.81. The molecule has 0 unspecified atom stereocenters. The average molecular weight is 261 g/mol. The maximum atomic E-state index is 5.73. The molecule has 0 fully saturated rings. The quantitative estimate of drug-likeness (QED) is 0.576. The molecule has 1 aromatic carbocycles. The lowest BCUT2D eigenvalue weighted by molar-refractivity contribution is 0.290. The molecule has 104 valence electrons. The zero-order chi connectivity index (χ0) is 14.1. The fraction of sp³-hybridized carbons (Fsp3) is 0.500. The van der Waals surface area contributed by atoms with Gasteiger partial charge in [0.05, 0.1) is 13.7 Å². The molecule has 0 bridgehead atoms. The first-order chi connectivity index (χ1) is 9.17. The van der Waals surface area contributed by atoms with Crippen molar-refractivity contribution in [3.63, 3.8) is 0 Å². The summed E-state index contributed by atoms with van der Waals surface area (Å²) < 4.78 is 11.0. The molecule has 0 aromatic heterocycles. The highest BCUT2D eigenvalue weighted by molar-refractivity contribution is 5.42. The average Bonchev–Trinajstić information content (AvgIpc) is 2.41. The van der Waals surface area contributed by atoms with Gasteiger partial charge in [-0.05, 0) is 24.1 Å². The maximum Gasteiger partial charge on any atom is 0.161 e. The number of methoxy groups -OCH3 is 1. The maximum absolute atomic E-state index is 5.73. The standard InChI is InChI=1S/C16H23NO2/c1-5-6-7-10-19-16-11-14(12-17-13(2)3)8-9-15(16)18-4/h1,8-9,11,13,17H,6-7,10,12H2,2-4H3. The third-order valence-corrected chi connectivity index (χ3v) is 2.67. The molecule has 0 saturated heterocycles. The van der Waals surface area contributed by atoms with Gasteiger partial charge in [0.15, 0.2) is 11.5 Å². The molecule has 0 saturated carbocycles. The Morgan fingerprint density at radius 1 is 1.32 bits per heavy atom. The Morgan fingerprint density at radius 3 is 2.74 bits per heavy atom. The molecule has 0 heterocycles. The van der Waals surface area contributed by atoms with Crippen molar-refractivity contribution in [3.8, 4) is 23.8 Å². The smallest absolute Gasteiger partial charge is 0.161 e. The van der Waals surface area contributed by atoms with Crippen LogP contribution in [-0.2, 0) is 6.54 Å². The Morgan fingerprint density at radius 2 is 2.11 bits per heavy atom. The molecule has 3 nitrogen and oxygen atoms in total.